The number of aliphatic hydroxyl groups excluding tert-OH is 1. The van der Waals surface area contributed by atoms with E-state index >= 15 is 0 Å². The molecule has 2 N–H and O–H groups in total. The maximum Gasteiger partial charge on any atom is 0.112 e. The Balaban J connectivity index is 3.10. The summed E-state index contributed by atoms with van der Waals surface area (Å²) in [6.07, 6.45) is 4.66. The molecule has 1 aliphatic carbocycles. The number of methoxy groups -OCH3 is 1. The highest BCUT2D eigenvalue weighted by Crippen LogP contribution is 2.40. The average molecular weight is 281 g/mol. The molecule has 4 nitrogen and oxygen atoms in total. The van der Waals surface area contributed by atoms with Crippen molar-refractivity contribution in [3.05, 3.63) is 36.6 Å². The summed E-state index contributed by atoms with van der Waals surface area (Å²) in [6, 6.07) is 0. The summed E-state index contributed by atoms with van der Waals surface area (Å²) in [5, 5.41) is 21.1. The lowest BCUT2D eigenvalue weighted by Crippen LogP contribution is -2.50. The summed E-state index contributed by atoms with van der Waals surface area (Å²) in [5.74, 6) is 0.520. The molecule has 20 heavy (non-hydrogen) atoms. The molecule has 0 aromatic rings. The number of hydrogen-bond acceptors (Lipinski definition) is 4. The van der Waals surface area contributed by atoms with Gasteiger partial charge in [-0.25, -0.2) is 0 Å². The summed E-state index contributed by atoms with van der Waals surface area (Å²) in [4.78, 5) is 2.05. The summed E-state index contributed by atoms with van der Waals surface area (Å²) in [6.45, 7) is 8.31. The lowest BCUT2D eigenvalue weighted by molar-refractivity contribution is -0.0655. The lowest BCUT2D eigenvalue weighted by atomic mass is 9.69. The maximum atomic E-state index is 11.1. The minimum absolute atomic E-state index is 0.0507. The molecule has 1 saturated carbocycles. The molecule has 0 aliphatic heterocycles. The van der Waals surface area contributed by atoms with Crippen LogP contribution in [0.5, 0.6) is 0 Å². The van der Waals surface area contributed by atoms with Crippen molar-refractivity contribution in [2.75, 3.05) is 27.7 Å². The molecular weight excluding hydrogens is 254 g/mol. The number of aliphatic hydroxyl groups is 2. The van der Waals surface area contributed by atoms with E-state index in [1.165, 1.54) is 7.11 Å². The molecule has 114 valence electrons. The number of ether oxygens (including phenoxy) is 1. The standard InChI is InChI=1S/C16H27NO3/c1-6-13(9-12(2)20-5)16(19)10-15(18)8-7-14(16)11-17(3)4/h6,9,14-15,18-19H,1-2,7-8,10-11H2,3-5H3. The Kier molecular flexibility index (Phi) is 5.99. The van der Waals surface area contributed by atoms with E-state index in [4.69, 9.17) is 4.74 Å². The smallest absolute Gasteiger partial charge is 0.112 e. The molecule has 0 saturated heterocycles. The van der Waals surface area contributed by atoms with Crippen LogP contribution in [0.4, 0.5) is 0 Å². The van der Waals surface area contributed by atoms with Crippen LogP contribution in [0.25, 0.3) is 0 Å². The maximum absolute atomic E-state index is 11.1. The van der Waals surface area contributed by atoms with Crippen molar-refractivity contribution < 1.29 is 14.9 Å². The molecule has 0 bridgehead atoms. The summed E-state index contributed by atoms with van der Waals surface area (Å²) in [7, 11) is 5.50. The van der Waals surface area contributed by atoms with Gasteiger partial charge in [0.15, 0.2) is 0 Å². The van der Waals surface area contributed by atoms with Crippen LogP contribution in [0.3, 0.4) is 0 Å². The van der Waals surface area contributed by atoms with Gasteiger partial charge in [0.2, 0.25) is 0 Å². The minimum Gasteiger partial charge on any atom is -0.497 e. The van der Waals surface area contributed by atoms with Crippen molar-refractivity contribution in [2.45, 2.75) is 31.0 Å². The second kappa shape index (κ2) is 7.07. The van der Waals surface area contributed by atoms with E-state index in [1.807, 2.05) is 14.1 Å². The number of hydrogen-bond donors (Lipinski definition) is 2. The molecule has 1 aliphatic rings. The van der Waals surface area contributed by atoms with Gasteiger partial charge in [0.05, 0.1) is 18.8 Å². The monoisotopic (exact) mass is 281 g/mol. The quantitative estimate of drug-likeness (QED) is 0.575. The third kappa shape index (κ3) is 3.95. The van der Waals surface area contributed by atoms with Crippen LogP contribution in [0.2, 0.25) is 0 Å². The zero-order valence-corrected chi connectivity index (χ0v) is 12.8. The van der Waals surface area contributed by atoms with Gasteiger partial charge in [-0.15, -0.1) is 0 Å². The molecule has 1 rings (SSSR count). The van der Waals surface area contributed by atoms with Gasteiger partial charge >= 0.3 is 0 Å². The lowest BCUT2D eigenvalue weighted by Gasteiger charge is -2.44. The Morgan fingerprint density at radius 2 is 2.10 bits per heavy atom. The Labute approximate surface area is 122 Å². The van der Waals surface area contributed by atoms with E-state index < -0.39 is 11.7 Å². The average Bonchev–Trinajstić information content (AvgIpc) is 2.38. The van der Waals surface area contributed by atoms with Crippen molar-refractivity contribution in [1.82, 2.24) is 4.90 Å². The van der Waals surface area contributed by atoms with Crippen LogP contribution in [0, 0.1) is 5.92 Å². The first kappa shape index (κ1) is 17.0. The van der Waals surface area contributed by atoms with E-state index in [0.717, 1.165) is 19.4 Å². The molecule has 0 aromatic heterocycles. The van der Waals surface area contributed by atoms with Crippen molar-refractivity contribution in [3.8, 4) is 0 Å². The Bertz CT molecular complexity index is 389. The molecule has 0 radical (unpaired) electrons. The fourth-order valence-electron chi connectivity index (χ4n) is 2.89. The van der Waals surface area contributed by atoms with E-state index in [0.29, 0.717) is 17.8 Å². The first-order chi connectivity index (χ1) is 9.33. The third-order valence-electron chi connectivity index (χ3n) is 3.95. The van der Waals surface area contributed by atoms with E-state index in [1.54, 1.807) is 12.2 Å². The minimum atomic E-state index is -1.09. The molecule has 0 heterocycles. The van der Waals surface area contributed by atoms with Crippen molar-refractivity contribution in [2.24, 2.45) is 5.92 Å². The first-order valence-corrected chi connectivity index (χ1v) is 6.96. The van der Waals surface area contributed by atoms with Gasteiger partial charge in [0.25, 0.3) is 0 Å². The van der Waals surface area contributed by atoms with Gasteiger partial charge in [-0.2, -0.15) is 0 Å². The molecule has 0 aromatic carbocycles. The third-order valence-corrected chi connectivity index (χ3v) is 3.95. The zero-order chi connectivity index (χ0) is 15.3. The van der Waals surface area contributed by atoms with Crippen LogP contribution in [0.1, 0.15) is 19.3 Å². The predicted molar refractivity (Wildman–Crippen MR) is 81.3 cm³/mol. The summed E-state index contributed by atoms with van der Waals surface area (Å²) in [5.41, 5.74) is -0.430. The normalized spacial score (nSPS) is 31.2. The molecule has 3 atom stereocenters. The van der Waals surface area contributed by atoms with Gasteiger partial charge in [-0.3, -0.25) is 0 Å². The molecule has 0 spiro atoms. The fraction of sp³-hybridized carbons (Fsp3) is 0.625. The number of rotatable bonds is 6. The van der Waals surface area contributed by atoms with E-state index in [9.17, 15) is 10.2 Å². The Morgan fingerprint density at radius 3 is 2.60 bits per heavy atom. The SMILES string of the molecule is C=CC(=CC(=C)OC)C1(O)CC(O)CCC1CN(C)C. The van der Waals surface area contributed by atoms with Gasteiger partial charge in [-0.1, -0.05) is 19.2 Å². The summed E-state index contributed by atoms with van der Waals surface area (Å²) >= 11 is 0. The second-order valence-corrected chi connectivity index (χ2v) is 5.79. The largest absolute Gasteiger partial charge is 0.497 e. The molecule has 3 unspecified atom stereocenters. The Hall–Kier alpha value is -1.10. The topological polar surface area (TPSA) is 52.9 Å². The highest BCUT2D eigenvalue weighted by Gasteiger charge is 2.44. The molecule has 1 fully saturated rings. The van der Waals surface area contributed by atoms with E-state index in [2.05, 4.69) is 18.1 Å². The van der Waals surface area contributed by atoms with Gasteiger partial charge < -0.3 is 19.8 Å². The Morgan fingerprint density at radius 1 is 1.45 bits per heavy atom. The molecule has 4 heteroatoms. The highest BCUT2D eigenvalue weighted by atomic mass is 16.5. The molecular formula is C16H27NO3. The van der Waals surface area contributed by atoms with Crippen LogP contribution < -0.4 is 0 Å². The first-order valence-electron chi connectivity index (χ1n) is 6.96. The van der Waals surface area contributed by atoms with Crippen LogP contribution >= 0.6 is 0 Å². The zero-order valence-electron chi connectivity index (χ0n) is 12.8. The fourth-order valence-corrected chi connectivity index (χ4v) is 2.89. The van der Waals surface area contributed by atoms with Crippen molar-refractivity contribution in [3.63, 3.8) is 0 Å². The van der Waals surface area contributed by atoms with Gasteiger partial charge in [0, 0.05) is 18.9 Å². The van der Waals surface area contributed by atoms with Crippen LogP contribution in [0.15, 0.2) is 36.6 Å². The van der Waals surface area contributed by atoms with Crippen LogP contribution in [-0.2, 0) is 4.74 Å². The number of nitrogens with zero attached hydrogens (tertiary/aromatic N) is 1. The van der Waals surface area contributed by atoms with Crippen molar-refractivity contribution >= 4 is 0 Å². The van der Waals surface area contributed by atoms with Crippen LogP contribution in [-0.4, -0.2) is 54.6 Å². The number of allylic oxidation sites excluding steroid dienone is 1. The van der Waals surface area contributed by atoms with E-state index in [-0.39, 0.29) is 5.92 Å². The van der Waals surface area contributed by atoms with Gasteiger partial charge in [0.1, 0.15) is 5.76 Å². The summed E-state index contributed by atoms with van der Waals surface area (Å²) < 4.78 is 5.06. The predicted octanol–water partition coefficient (Wildman–Crippen LogP) is 1.71. The van der Waals surface area contributed by atoms with Crippen molar-refractivity contribution in [1.29, 1.82) is 0 Å². The molecule has 0 amide bonds. The second-order valence-electron chi connectivity index (χ2n) is 5.79. The van der Waals surface area contributed by atoms with Gasteiger partial charge in [-0.05, 0) is 38.6 Å². The highest BCUT2D eigenvalue weighted by molar-refractivity contribution is 5.34.